The van der Waals surface area contributed by atoms with Gasteiger partial charge in [0.2, 0.25) is 0 Å². The zero-order valence-electron chi connectivity index (χ0n) is 13.2. The van der Waals surface area contributed by atoms with E-state index >= 15 is 0 Å². The number of rotatable bonds is 12. The van der Waals surface area contributed by atoms with Gasteiger partial charge in [-0.15, -0.1) is 0 Å². The number of carboxylic acids is 2. The standard InChI is InChI=1S/C16H30O4/c1-4-5-6-7-8-9-10-11-12-13(2)16(3,14(17)18)15(19)20/h13H,4-12H2,1-3H3,(H,17,18)(H,19,20). The third-order valence-corrected chi connectivity index (χ3v) is 4.36. The van der Waals surface area contributed by atoms with E-state index in [-0.39, 0.29) is 5.92 Å². The molecule has 0 saturated heterocycles. The lowest BCUT2D eigenvalue weighted by atomic mass is 9.75. The Morgan fingerprint density at radius 1 is 0.900 bits per heavy atom. The van der Waals surface area contributed by atoms with Crippen molar-refractivity contribution < 1.29 is 19.8 Å². The molecule has 0 aliphatic rings. The smallest absolute Gasteiger partial charge is 0.321 e. The maximum Gasteiger partial charge on any atom is 0.321 e. The monoisotopic (exact) mass is 286 g/mol. The fraction of sp³-hybridized carbons (Fsp3) is 0.875. The van der Waals surface area contributed by atoms with E-state index in [9.17, 15) is 9.59 Å². The van der Waals surface area contributed by atoms with Gasteiger partial charge in [-0.3, -0.25) is 9.59 Å². The zero-order valence-corrected chi connectivity index (χ0v) is 13.2. The molecule has 0 saturated carbocycles. The average molecular weight is 286 g/mol. The molecule has 118 valence electrons. The maximum atomic E-state index is 11.2. The molecule has 0 aromatic carbocycles. The van der Waals surface area contributed by atoms with Gasteiger partial charge < -0.3 is 10.2 Å². The van der Waals surface area contributed by atoms with E-state index in [0.29, 0.717) is 6.42 Å². The van der Waals surface area contributed by atoms with E-state index in [1.165, 1.54) is 39.0 Å². The molecule has 4 heteroatoms. The molecule has 0 aliphatic heterocycles. The van der Waals surface area contributed by atoms with Crippen LogP contribution in [0.3, 0.4) is 0 Å². The number of carboxylic acid groups (broad SMARTS) is 2. The number of hydrogen-bond acceptors (Lipinski definition) is 2. The SMILES string of the molecule is CCCCCCCCCCC(C)C(C)(C(=O)O)C(=O)O. The molecule has 0 bridgehead atoms. The Hall–Kier alpha value is -1.06. The third kappa shape index (κ3) is 5.93. The second kappa shape index (κ2) is 9.78. The molecule has 0 radical (unpaired) electrons. The highest BCUT2D eigenvalue weighted by molar-refractivity contribution is 5.98. The second-order valence-corrected chi connectivity index (χ2v) is 5.98. The minimum atomic E-state index is -1.67. The van der Waals surface area contributed by atoms with Gasteiger partial charge in [-0.2, -0.15) is 0 Å². The lowest BCUT2D eigenvalue weighted by molar-refractivity contribution is -0.167. The Morgan fingerprint density at radius 3 is 1.70 bits per heavy atom. The molecule has 0 rings (SSSR count). The second-order valence-electron chi connectivity index (χ2n) is 5.98. The van der Waals surface area contributed by atoms with E-state index < -0.39 is 17.4 Å². The number of unbranched alkanes of at least 4 members (excludes halogenated alkanes) is 7. The summed E-state index contributed by atoms with van der Waals surface area (Å²) >= 11 is 0. The van der Waals surface area contributed by atoms with Crippen LogP contribution in [0.2, 0.25) is 0 Å². The number of aliphatic carboxylic acids is 2. The molecule has 2 N–H and O–H groups in total. The Morgan fingerprint density at radius 2 is 1.30 bits per heavy atom. The van der Waals surface area contributed by atoms with Crippen molar-refractivity contribution in [2.45, 2.75) is 78.6 Å². The Bertz CT molecular complexity index is 285. The summed E-state index contributed by atoms with van der Waals surface area (Å²) in [5.74, 6) is -2.83. The van der Waals surface area contributed by atoms with Crippen molar-refractivity contribution in [1.29, 1.82) is 0 Å². The lowest BCUT2D eigenvalue weighted by Gasteiger charge is -2.27. The van der Waals surface area contributed by atoms with E-state index in [1.54, 1.807) is 6.92 Å². The fourth-order valence-corrected chi connectivity index (χ4v) is 2.39. The Kier molecular flexibility index (Phi) is 9.26. The Labute approximate surface area is 122 Å². The van der Waals surface area contributed by atoms with Crippen molar-refractivity contribution in [3.63, 3.8) is 0 Å². The average Bonchev–Trinajstić information content (AvgIpc) is 2.39. The predicted octanol–water partition coefficient (Wildman–Crippen LogP) is 4.33. The first kappa shape index (κ1) is 18.9. The quantitative estimate of drug-likeness (QED) is 0.413. The van der Waals surface area contributed by atoms with Crippen LogP contribution in [0.25, 0.3) is 0 Å². The molecule has 0 fully saturated rings. The van der Waals surface area contributed by atoms with Gasteiger partial charge >= 0.3 is 11.9 Å². The fourth-order valence-electron chi connectivity index (χ4n) is 2.39. The van der Waals surface area contributed by atoms with E-state index in [2.05, 4.69) is 6.92 Å². The van der Waals surface area contributed by atoms with Crippen LogP contribution in [0.1, 0.15) is 78.6 Å². The van der Waals surface area contributed by atoms with Crippen LogP contribution in [-0.4, -0.2) is 22.2 Å². The number of carbonyl (C=O) groups is 2. The van der Waals surface area contributed by atoms with Gasteiger partial charge in [0.25, 0.3) is 0 Å². The molecule has 1 atom stereocenters. The van der Waals surface area contributed by atoms with Crippen LogP contribution < -0.4 is 0 Å². The van der Waals surface area contributed by atoms with Crippen LogP contribution in [-0.2, 0) is 9.59 Å². The molecular weight excluding hydrogens is 256 g/mol. The van der Waals surface area contributed by atoms with Crippen LogP contribution in [0.5, 0.6) is 0 Å². The molecule has 0 heterocycles. The molecule has 0 spiro atoms. The highest BCUT2D eigenvalue weighted by Gasteiger charge is 2.46. The van der Waals surface area contributed by atoms with Crippen molar-refractivity contribution >= 4 is 11.9 Å². The van der Waals surface area contributed by atoms with Crippen molar-refractivity contribution in [3.05, 3.63) is 0 Å². The van der Waals surface area contributed by atoms with Crippen LogP contribution in [0, 0.1) is 11.3 Å². The molecule has 0 aliphatic carbocycles. The van der Waals surface area contributed by atoms with Gasteiger partial charge in [0.1, 0.15) is 0 Å². The first-order chi connectivity index (χ1) is 9.37. The van der Waals surface area contributed by atoms with E-state index in [4.69, 9.17) is 10.2 Å². The summed E-state index contributed by atoms with van der Waals surface area (Å²) in [6.07, 6.45) is 10.1. The molecule has 4 nitrogen and oxygen atoms in total. The molecule has 0 aromatic rings. The lowest BCUT2D eigenvalue weighted by Crippen LogP contribution is -2.42. The first-order valence-corrected chi connectivity index (χ1v) is 7.84. The molecule has 0 aromatic heterocycles. The minimum absolute atomic E-state index is 0.349. The zero-order chi connectivity index (χ0) is 15.6. The summed E-state index contributed by atoms with van der Waals surface area (Å²) in [4.78, 5) is 22.3. The van der Waals surface area contributed by atoms with Gasteiger partial charge in [-0.05, 0) is 19.3 Å². The number of hydrogen-bond donors (Lipinski definition) is 2. The van der Waals surface area contributed by atoms with Crippen molar-refractivity contribution in [1.82, 2.24) is 0 Å². The largest absolute Gasteiger partial charge is 0.480 e. The minimum Gasteiger partial charge on any atom is -0.480 e. The Balaban J connectivity index is 3.90. The first-order valence-electron chi connectivity index (χ1n) is 7.84. The van der Waals surface area contributed by atoms with Crippen LogP contribution in [0.15, 0.2) is 0 Å². The summed E-state index contributed by atoms with van der Waals surface area (Å²) in [6.45, 7) is 5.24. The maximum absolute atomic E-state index is 11.2. The van der Waals surface area contributed by atoms with Crippen LogP contribution in [0.4, 0.5) is 0 Å². The van der Waals surface area contributed by atoms with Gasteiger partial charge in [0, 0.05) is 0 Å². The van der Waals surface area contributed by atoms with Crippen molar-refractivity contribution in [2.75, 3.05) is 0 Å². The van der Waals surface area contributed by atoms with Crippen molar-refractivity contribution in [2.24, 2.45) is 11.3 Å². The van der Waals surface area contributed by atoms with Gasteiger partial charge in [-0.25, -0.2) is 0 Å². The van der Waals surface area contributed by atoms with Crippen LogP contribution >= 0.6 is 0 Å². The summed E-state index contributed by atoms with van der Waals surface area (Å²) in [5, 5.41) is 18.2. The van der Waals surface area contributed by atoms with Crippen molar-refractivity contribution in [3.8, 4) is 0 Å². The molecular formula is C16H30O4. The highest BCUT2D eigenvalue weighted by atomic mass is 16.4. The topological polar surface area (TPSA) is 74.6 Å². The van der Waals surface area contributed by atoms with Gasteiger partial charge in [0.15, 0.2) is 5.41 Å². The normalized spacial score (nSPS) is 13.2. The summed E-state index contributed by atoms with van der Waals surface area (Å²) in [6, 6.07) is 0. The van der Waals surface area contributed by atoms with Gasteiger partial charge in [0.05, 0.1) is 0 Å². The highest BCUT2D eigenvalue weighted by Crippen LogP contribution is 2.32. The molecule has 1 unspecified atom stereocenters. The third-order valence-electron chi connectivity index (χ3n) is 4.36. The summed E-state index contributed by atoms with van der Waals surface area (Å²) in [7, 11) is 0. The molecule has 0 amide bonds. The summed E-state index contributed by atoms with van der Waals surface area (Å²) < 4.78 is 0. The molecule has 20 heavy (non-hydrogen) atoms. The predicted molar refractivity (Wildman–Crippen MR) is 79.8 cm³/mol. The van der Waals surface area contributed by atoms with E-state index in [0.717, 1.165) is 19.3 Å². The van der Waals surface area contributed by atoms with E-state index in [1.807, 2.05) is 0 Å². The summed E-state index contributed by atoms with van der Waals surface area (Å²) in [5.41, 5.74) is -1.67. The van der Waals surface area contributed by atoms with Gasteiger partial charge in [-0.1, -0.05) is 65.2 Å².